The number of aryl methyl sites for hydroxylation is 2. The first-order valence-electron chi connectivity index (χ1n) is 9.95. The van der Waals surface area contributed by atoms with Gasteiger partial charge in [0.2, 0.25) is 27.6 Å². The van der Waals surface area contributed by atoms with Gasteiger partial charge in [-0.25, -0.2) is 8.42 Å². The summed E-state index contributed by atoms with van der Waals surface area (Å²) >= 11 is 0. The Morgan fingerprint density at radius 1 is 1.13 bits per heavy atom. The number of piperidine rings is 1. The van der Waals surface area contributed by atoms with Crippen molar-refractivity contribution in [2.45, 2.75) is 38.1 Å². The predicted molar refractivity (Wildman–Crippen MR) is 109 cm³/mol. The van der Waals surface area contributed by atoms with Crippen molar-refractivity contribution in [3.05, 3.63) is 47.7 Å². The Kier molecular flexibility index (Phi) is 5.88. The van der Waals surface area contributed by atoms with E-state index in [4.69, 9.17) is 9.05 Å². The maximum atomic E-state index is 12.9. The fraction of sp³-hybridized carbons (Fsp3) is 0.400. The molecule has 0 radical (unpaired) electrons. The average molecular weight is 446 g/mol. The number of sulfonamides is 1. The molecule has 1 aliphatic rings. The highest BCUT2D eigenvalue weighted by Crippen LogP contribution is 2.27. The molecule has 10 nitrogen and oxygen atoms in total. The van der Waals surface area contributed by atoms with Gasteiger partial charge in [0.15, 0.2) is 5.76 Å². The van der Waals surface area contributed by atoms with E-state index in [2.05, 4.69) is 20.6 Å². The van der Waals surface area contributed by atoms with Crippen LogP contribution in [0.1, 0.15) is 30.2 Å². The largest absolute Gasteiger partial charge is 0.360 e. The number of carbonyl (C=O) groups is 1. The van der Waals surface area contributed by atoms with E-state index in [1.54, 1.807) is 13.8 Å². The van der Waals surface area contributed by atoms with Gasteiger partial charge < -0.3 is 14.4 Å². The van der Waals surface area contributed by atoms with Crippen LogP contribution in [0.25, 0.3) is 11.4 Å². The molecule has 3 aromatic rings. The summed E-state index contributed by atoms with van der Waals surface area (Å²) in [7, 11) is -3.70. The lowest BCUT2D eigenvalue weighted by atomic mass is 9.97. The van der Waals surface area contributed by atoms with Gasteiger partial charge in [-0.15, -0.1) is 0 Å². The molecule has 1 N–H and O–H groups in total. The molecule has 4 rings (SSSR count). The monoisotopic (exact) mass is 445 g/mol. The Balaban J connectivity index is 1.31. The molecule has 1 aromatic carbocycles. The van der Waals surface area contributed by atoms with Crippen molar-refractivity contribution in [2.24, 2.45) is 5.92 Å². The van der Waals surface area contributed by atoms with Gasteiger partial charge in [0.1, 0.15) is 10.6 Å². The number of hydrogen-bond acceptors (Lipinski definition) is 8. The maximum absolute atomic E-state index is 12.9. The quantitative estimate of drug-likeness (QED) is 0.610. The van der Waals surface area contributed by atoms with Crippen molar-refractivity contribution in [3.8, 4) is 11.4 Å². The van der Waals surface area contributed by atoms with Crippen LogP contribution in [0.2, 0.25) is 0 Å². The molecule has 1 aliphatic heterocycles. The molecule has 2 aromatic heterocycles. The molecule has 1 saturated heterocycles. The summed E-state index contributed by atoms with van der Waals surface area (Å²) in [5.74, 6) is 0.599. The Morgan fingerprint density at radius 2 is 1.84 bits per heavy atom. The van der Waals surface area contributed by atoms with Gasteiger partial charge in [0, 0.05) is 24.6 Å². The fourth-order valence-electron chi connectivity index (χ4n) is 3.67. The highest BCUT2D eigenvalue weighted by molar-refractivity contribution is 7.89. The van der Waals surface area contributed by atoms with Gasteiger partial charge in [0.25, 0.3) is 0 Å². The van der Waals surface area contributed by atoms with Gasteiger partial charge in [0.05, 0.1) is 6.54 Å². The maximum Gasteiger partial charge on any atom is 0.248 e. The molecular formula is C20H23N5O5S. The number of rotatable bonds is 6. The van der Waals surface area contributed by atoms with Crippen LogP contribution in [0, 0.1) is 19.8 Å². The minimum atomic E-state index is -3.70. The second-order valence-electron chi connectivity index (χ2n) is 7.43. The number of nitrogens with zero attached hydrogens (tertiary/aromatic N) is 4. The zero-order valence-electron chi connectivity index (χ0n) is 17.2. The van der Waals surface area contributed by atoms with E-state index in [9.17, 15) is 13.2 Å². The molecular weight excluding hydrogens is 422 g/mol. The van der Waals surface area contributed by atoms with Crippen LogP contribution in [0.15, 0.2) is 44.3 Å². The van der Waals surface area contributed by atoms with E-state index in [-0.39, 0.29) is 42.1 Å². The molecule has 164 valence electrons. The van der Waals surface area contributed by atoms with Gasteiger partial charge >= 0.3 is 0 Å². The molecule has 0 aliphatic carbocycles. The van der Waals surface area contributed by atoms with E-state index in [1.807, 2.05) is 30.3 Å². The normalized spacial score (nSPS) is 15.8. The number of carbonyl (C=O) groups excluding carboxylic acids is 1. The topological polar surface area (TPSA) is 131 Å². The SMILES string of the molecule is Cc1noc(C)c1S(=O)(=O)N1CCC(C(=O)NCc2nc(-c3ccccc3)no2)CC1. The molecule has 1 fully saturated rings. The second-order valence-corrected chi connectivity index (χ2v) is 9.30. The smallest absolute Gasteiger partial charge is 0.248 e. The molecule has 31 heavy (non-hydrogen) atoms. The van der Waals surface area contributed by atoms with E-state index in [0.29, 0.717) is 30.3 Å². The molecule has 0 spiro atoms. The number of hydrogen-bond donors (Lipinski definition) is 1. The summed E-state index contributed by atoms with van der Waals surface area (Å²) in [6.07, 6.45) is 0.848. The Hall–Kier alpha value is -3.05. The lowest BCUT2D eigenvalue weighted by Gasteiger charge is -2.30. The molecule has 0 bridgehead atoms. The lowest BCUT2D eigenvalue weighted by Crippen LogP contribution is -2.43. The van der Waals surface area contributed by atoms with Crippen LogP contribution >= 0.6 is 0 Å². The third kappa shape index (κ3) is 4.37. The Morgan fingerprint density at radius 3 is 2.48 bits per heavy atom. The minimum Gasteiger partial charge on any atom is -0.360 e. The highest BCUT2D eigenvalue weighted by Gasteiger charge is 2.35. The minimum absolute atomic E-state index is 0.112. The fourth-order valence-corrected chi connectivity index (χ4v) is 5.43. The van der Waals surface area contributed by atoms with Gasteiger partial charge in [-0.1, -0.05) is 40.6 Å². The molecule has 0 saturated carbocycles. The van der Waals surface area contributed by atoms with Crippen LogP contribution in [-0.4, -0.2) is 47.0 Å². The van der Waals surface area contributed by atoms with E-state index in [0.717, 1.165) is 5.56 Å². The van der Waals surface area contributed by atoms with Gasteiger partial charge in [-0.05, 0) is 26.7 Å². The number of aromatic nitrogens is 3. The van der Waals surface area contributed by atoms with Crippen LogP contribution in [0.4, 0.5) is 0 Å². The first-order valence-corrected chi connectivity index (χ1v) is 11.4. The molecule has 0 atom stereocenters. The number of nitrogens with one attached hydrogen (secondary N) is 1. The van der Waals surface area contributed by atoms with Crippen molar-refractivity contribution in [1.82, 2.24) is 24.9 Å². The summed E-state index contributed by atoms with van der Waals surface area (Å²) in [5.41, 5.74) is 1.17. The van der Waals surface area contributed by atoms with Gasteiger partial charge in [-0.2, -0.15) is 9.29 Å². The molecule has 3 heterocycles. The molecule has 11 heteroatoms. The zero-order chi connectivity index (χ0) is 22.0. The van der Waals surface area contributed by atoms with E-state index in [1.165, 1.54) is 4.31 Å². The standard InChI is InChI=1S/C20H23N5O5S/c1-13-18(14(2)29-23-13)31(27,28)25-10-8-16(9-11-25)20(26)21-12-17-22-19(24-30-17)15-6-4-3-5-7-15/h3-7,16H,8-12H2,1-2H3,(H,21,26). The Bertz CT molecular complexity index is 1140. The van der Waals surface area contributed by atoms with Gasteiger partial charge in [-0.3, -0.25) is 4.79 Å². The summed E-state index contributed by atoms with van der Waals surface area (Å²) in [5, 5.41) is 10.5. The van der Waals surface area contributed by atoms with Crippen molar-refractivity contribution in [2.75, 3.05) is 13.1 Å². The van der Waals surface area contributed by atoms with E-state index >= 15 is 0 Å². The van der Waals surface area contributed by atoms with Crippen molar-refractivity contribution in [3.63, 3.8) is 0 Å². The van der Waals surface area contributed by atoms with Crippen LogP contribution in [0.3, 0.4) is 0 Å². The van der Waals surface area contributed by atoms with Crippen LogP contribution in [0.5, 0.6) is 0 Å². The highest BCUT2D eigenvalue weighted by atomic mass is 32.2. The third-order valence-corrected chi connectivity index (χ3v) is 7.45. The molecule has 0 unspecified atom stereocenters. The second kappa shape index (κ2) is 8.60. The zero-order valence-corrected chi connectivity index (χ0v) is 18.1. The predicted octanol–water partition coefficient (Wildman–Crippen LogP) is 2.06. The van der Waals surface area contributed by atoms with Crippen molar-refractivity contribution in [1.29, 1.82) is 0 Å². The third-order valence-electron chi connectivity index (χ3n) is 5.30. The number of amides is 1. The Labute approximate surface area is 179 Å². The average Bonchev–Trinajstić information content (AvgIpc) is 3.39. The van der Waals surface area contributed by atoms with Crippen LogP contribution in [-0.2, 0) is 21.4 Å². The van der Waals surface area contributed by atoms with Crippen LogP contribution < -0.4 is 5.32 Å². The lowest BCUT2D eigenvalue weighted by molar-refractivity contribution is -0.126. The first kappa shape index (κ1) is 21.2. The van der Waals surface area contributed by atoms with Crippen molar-refractivity contribution < 1.29 is 22.3 Å². The number of benzene rings is 1. The molecule has 1 amide bonds. The van der Waals surface area contributed by atoms with E-state index < -0.39 is 10.0 Å². The first-order chi connectivity index (χ1) is 14.9. The summed E-state index contributed by atoms with van der Waals surface area (Å²) in [4.78, 5) is 17.0. The summed E-state index contributed by atoms with van der Waals surface area (Å²) in [6.45, 7) is 3.81. The van der Waals surface area contributed by atoms with Crippen molar-refractivity contribution >= 4 is 15.9 Å². The summed E-state index contributed by atoms with van der Waals surface area (Å²) in [6, 6.07) is 9.40. The summed E-state index contributed by atoms with van der Waals surface area (Å²) < 4.78 is 37.4.